The Hall–Kier alpha value is -1.06. The van der Waals surface area contributed by atoms with Gasteiger partial charge >= 0.3 is 0 Å². The Bertz CT molecular complexity index is 460. The van der Waals surface area contributed by atoms with Gasteiger partial charge in [0.1, 0.15) is 5.75 Å². The van der Waals surface area contributed by atoms with Crippen LogP contribution in [0, 0.1) is 5.92 Å². The quantitative estimate of drug-likeness (QED) is 0.886. The first kappa shape index (κ1) is 13.9. The normalized spacial score (nSPS) is 29.2. The number of hydrogen-bond donors (Lipinski definition) is 2. The van der Waals surface area contributed by atoms with Gasteiger partial charge in [0.2, 0.25) is 0 Å². The third kappa shape index (κ3) is 2.84. The summed E-state index contributed by atoms with van der Waals surface area (Å²) in [7, 11) is 1.73. The lowest BCUT2D eigenvalue weighted by Crippen LogP contribution is -2.44. The minimum Gasteiger partial charge on any atom is -0.497 e. The van der Waals surface area contributed by atoms with E-state index in [1.165, 1.54) is 36.8 Å². The molecule has 2 N–H and O–H groups in total. The van der Waals surface area contributed by atoms with E-state index in [0.29, 0.717) is 24.6 Å². The molecule has 1 aromatic rings. The molecule has 3 atom stereocenters. The fraction of sp³-hybridized carbons (Fsp3) is 0.647. The molecule has 1 fully saturated rings. The molecule has 0 aromatic heterocycles. The van der Waals surface area contributed by atoms with Crippen LogP contribution >= 0.6 is 0 Å². The summed E-state index contributed by atoms with van der Waals surface area (Å²) in [5.74, 6) is 1.42. The summed E-state index contributed by atoms with van der Waals surface area (Å²) in [6.07, 6.45) is 7.07. The zero-order valence-corrected chi connectivity index (χ0v) is 12.3. The molecule has 3 rings (SSSR count). The fourth-order valence-electron chi connectivity index (χ4n) is 3.78. The maximum atomic E-state index is 9.44. The molecule has 0 aliphatic heterocycles. The van der Waals surface area contributed by atoms with Crippen molar-refractivity contribution < 1.29 is 9.84 Å². The maximum absolute atomic E-state index is 9.44. The predicted octanol–water partition coefficient (Wildman–Crippen LogP) is 2.30. The number of aliphatic hydroxyl groups is 1. The highest BCUT2D eigenvalue weighted by Gasteiger charge is 2.29. The van der Waals surface area contributed by atoms with Crippen molar-refractivity contribution in [1.82, 2.24) is 5.32 Å². The van der Waals surface area contributed by atoms with Crippen LogP contribution in [0.15, 0.2) is 18.2 Å². The van der Waals surface area contributed by atoms with Gasteiger partial charge in [-0.3, -0.25) is 0 Å². The number of rotatable bonds is 4. The largest absolute Gasteiger partial charge is 0.497 e. The van der Waals surface area contributed by atoms with E-state index in [1.807, 2.05) is 0 Å². The zero-order valence-electron chi connectivity index (χ0n) is 12.3. The number of aryl methyl sites for hydroxylation is 1. The zero-order chi connectivity index (χ0) is 13.9. The van der Waals surface area contributed by atoms with Gasteiger partial charge in [-0.25, -0.2) is 0 Å². The molecule has 1 aromatic carbocycles. The Labute approximate surface area is 121 Å². The minimum absolute atomic E-state index is 0.328. The molecule has 0 amide bonds. The molecule has 0 heterocycles. The standard InChI is InChI=1S/C17H25NO2/c1-20-16-8-6-12-5-7-15(9-14(12)10-16)18-17-4-2-3-13(17)11-19/h6,8,10,13,15,17-19H,2-5,7,9,11H2,1H3/t13-,15+,17-/m0/s1. The Morgan fingerprint density at radius 3 is 2.95 bits per heavy atom. The number of methoxy groups -OCH3 is 1. The van der Waals surface area contributed by atoms with Crippen molar-refractivity contribution in [2.75, 3.05) is 13.7 Å². The van der Waals surface area contributed by atoms with Gasteiger partial charge in [-0.1, -0.05) is 12.5 Å². The first-order valence-corrected chi connectivity index (χ1v) is 7.83. The second-order valence-corrected chi connectivity index (χ2v) is 6.22. The van der Waals surface area contributed by atoms with Gasteiger partial charge in [-0.2, -0.15) is 0 Å². The summed E-state index contributed by atoms with van der Waals surface area (Å²) in [5.41, 5.74) is 2.89. The molecule has 2 aliphatic rings. The summed E-state index contributed by atoms with van der Waals surface area (Å²) in [5, 5.41) is 13.2. The molecule has 2 aliphatic carbocycles. The molecular weight excluding hydrogens is 250 g/mol. The van der Waals surface area contributed by atoms with E-state index in [-0.39, 0.29) is 0 Å². The van der Waals surface area contributed by atoms with Crippen LogP contribution in [0.25, 0.3) is 0 Å². The van der Waals surface area contributed by atoms with Crippen molar-refractivity contribution in [1.29, 1.82) is 0 Å². The topological polar surface area (TPSA) is 41.5 Å². The van der Waals surface area contributed by atoms with Gasteiger partial charge in [-0.05, 0) is 61.3 Å². The second kappa shape index (κ2) is 6.15. The van der Waals surface area contributed by atoms with Crippen molar-refractivity contribution in [2.45, 2.75) is 50.6 Å². The lowest BCUT2D eigenvalue weighted by Gasteiger charge is -2.30. The number of hydrogen-bond acceptors (Lipinski definition) is 3. The highest BCUT2D eigenvalue weighted by Crippen LogP contribution is 2.29. The van der Waals surface area contributed by atoms with Crippen LogP contribution in [0.5, 0.6) is 5.75 Å². The lowest BCUT2D eigenvalue weighted by atomic mass is 9.87. The molecular formula is C17H25NO2. The van der Waals surface area contributed by atoms with Gasteiger partial charge in [0.25, 0.3) is 0 Å². The first-order chi connectivity index (χ1) is 9.80. The van der Waals surface area contributed by atoms with E-state index < -0.39 is 0 Å². The molecule has 0 bridgehead atoms. The Morgan fingerprint density at radius 1 is 1.25 bits per heavy atom. The molecule has 0 spiro atoms. The fourth-order valence-corrected chi connectivity index (χ4v) is 3.78. The summed E-state index contributed by atoms with van der Waals surface area (Å²) >= 11 is 0. The molecule has 0 radical (unpaired) electrons. The second-order valence-electron chi connectivity index (χ2n) is 6.22. The van der Waals surface area contributed by atoms with Crippen LogP contribution in [0.1, 0.15) is 36.8 Å². The molecule has 0 unspecified atom stereocenters. The molecule has 0 saturated heterocycles. The van der Waals surface area contributed by atoms with Crippen LogP contribution < -0.4 is 10.1 Å². The van der Waals surface area contributed by atoms with E-state index in [1.54, 1.807) is 7.11 Å². The molecule has 20 heavy (non-hydrogen) atoms. The number of ether oxygens (including phenoxy) is 1. The van der Waals surface area contributed by atoms with Crippen molar-refractivity contribution in [2.24, 2.45) is 5.92 Å². The Kier molecular flexibility index (Phi) is 4.27. The van der Waals surface area contributed by atoms with Gasteiger partial charge in [-0.15, -0.1) is 0 Å². The van der Waals surface area contributed by atoms with Crippen LogP contribution in [0.4, 0.5) is 0 Å². The van der Waals surface area contributed by atoms with Gasteiger partial charge in [0, 0.05) is 18.7 Å². The average molecular weight is 275 g/mol. The lowest BCUT2D eigenvalue weighted by molar-refractivity contribution is 0.197. The summed E-state index contributed by atoms with van der Waals surface area (Å²) in [4.78, 5) is 0. The highest BCUT2D eigenvalue weighted by atomic mass is 16.5. The Balaban J connectivity index is 1.65. The summed E-state index contributed by atoms with van der Waals surface area (Å²) < 4.78 is 5.33. The van der Waals surface area contributed by atoms with Crippen molar-refractivity contribution in [3.63, 3.8) is 0 Å². The van der Waals surface area contributed by atoms with Crippen LogP contribution in [-0.4, -0.2) is 30.9 Å². The van der Waals surface area contributed by atoms with Crippen molar-refractivity contribution in [3.05, 3.63) is 29.3 Å². The van der Waals surface area contributed by atoms with E-state index >= 15 is 0 Å². The van der Waals surface area contributed by atoms with E-state index in [4.69, 9.17) is 4.74 Å². The van der Waals surface area contributed by atoms with Crippen molar-refractivity contribution >= 4 is 0 Å². The smallest absolute Gasteiger partial charge is 0.119 e. The third-order valence-corrected chi connectivity index (χ3v) is 4.99. The molecule has 3 heteroatoms. The number of fused-ring (bicyclic) bond motifs is 1. The predicted molar refractivity (Wildman–Crippen MR) is 80.2 cm³/mol. The number of benzene rings is 1. The minimum atomic E-state index is 0.328. The van der Waals surface area contributed by atoms with Crippen LogP contribution in [0.2, 0.25) is 0 Å². The summed E-state index contributed by atoms with van der Waals surface area (Å²) in [6.45, 7) is 0.328. The molecule has 1 saturated carbocycles. The number of nitrogens with one attached hydrogen (secondary N) is 1. The van der Waals surface area contributed by atoms with E-state index in [9.17, 15) is 5.11 Å². The van der Waals surface area contributed by atoms with E-state index in [2.05, 4.69) is 23.5 Å². The number of aliphatic hydroxyl groups excluding tert-OH is 1. The monoisotopic (exact) mass is 275 g/mol. The van der Waals surface area contributed by atoms with Gasteiger partial charge in [0.05, 0.1) is 7.11 Å². The van der Waals surface area contributed by atoms with Gasteiger partial charge < -0.3 is 15.2 Å². The molecule has 3 nitrogen and oxygen atoms in total. The third-order valence-electron chi connectivity index (χ3n) is 4.99. The summed E-state index contributed by atoms with van der Waals surface area (Å²) in [6, 6.07) is 7.51. The van der Waals surface area contributed by atoms with E-state index in [0.717, 1.165) is 18.6 Å². The SMILES string of the molecule is COc1ccc2c(c1)C[C@H](N[C@H]1CCC[C@H]1CO)CC2. The van der Waals surface area contributed by atoms with Gasteiger partial charge in [0.15, 0.2) is 0 Å². The average Bonchev–Trinajstić information content (AvgIpc) is 2.93. The van der Waals surface area contributed by atoms with Crippen LogP contribution in [-0.2, 0) is 12.8 Å². The van der Waals surface area contributed by atoms with Crippen molar-refractivity contribution in [3.8, 4) is 5.75 Å². The molecule has 110 valence electrons. The highest BCUT2D eigenvalue weighted by molar-refractivity contribution is 5.37. The van der Waals surface area contributed by atoms with Crippen LogP contribution in [0.3, 0.4) is 0 Å². The first-order valence-electron chi connectivity index (χ1n) is 7.83. The maximum Gasteiger partial charge on any atom is 0.119 e. The Morgan fingerprint density at radius 2 is 2.15 bits per heavy atom.